The normalized spacial score (nSPS) is 11.6. The molecule has 3 N–H and O–H groups in total. The fraction of sp³-hybridized carbons (Fsp3) is 0.0741. The summed E-state index contributed by atoms with van der Waals surface area (Å²) in [4.78, 5) is 13.1. The molecule has 0 fully saturated rings. The van der Waals surface area contributed by atoms with Crippen LogP contribution in [0, 0.1) is 13.8 Å². The first kappa shape index (κ1) is 27.2. The van der Waals surface area contributed by atoms with Crippen LogP contribution in [0.4, 0.5) is 17.1 Å². The van der Waals surface area contributed by atoms with E-state index in [-0.39, 0.29) is 21.0 Å². The highest BCUT2D eigenvalue weighted by atomic mass is 35.5. The monoisotopic (exact) mass is 569 g/mol. The zero-order valence-electron chi connectivity index (χ0n) is 20.4. The van der Waals surface area contributed by atoms with Crippen LogP contribution in [0.2, 0.25) is 5.02 Å². The molecule has 0 unspecified atom stereocenters. The number of nitrogens with one attached hydrogen (secondary N) is 3. The second kappa shape index (κ2) is 10.9. The van der Waals surface area contributed by atoms with Gasteiger partial charge in [0.25, 0.3) is 26.0 Å². The molecule has 4 aromatic rings. The standard InChI is InChI=1S/C27H24ClN3O5S2/c1-18-11-12-20(28)17-26(18)31-38(35,36)23-15-13-21(14-16-23)29-27(32)24-9-6-10-25(19(24)2)30-37(33,34)22-7-4-3-5-8-22/h3-17,30-31H,1-2H3,(H,29,32). The van der Waals surface area contributed by atoms with Gasteiger partial charge in [-0.05, 0) is 85.6 Å². The average molecular weight is 570 g/mol. The molecule has 11 heteroatoms. The Labute approximate surface area is 226 Å². The Balaban J connectivity index is 1.50. The molecule has 1 amide bonds. The number of carbonyl (C=O) groups excluding carboxylic acids is 1. The number of hydrogen-bond acceptors (Lipinski definition) is 5. The number of halogens is 1. The van der Waals surface area contributed by atoms with Gasteiger partial charge in [-0.1, -0.05) is 41.9 Å². The highest BCUT2D eigenvalue weighted by molar-refractivity contribution is 7.93. The van der Waals surface area contributed by atoms with Gasteiger partial charge in [-0.2, -0.15) is 0 Å². The van der Waals surface area contributed by atoms with Crippen LogP contribution in [-0.4, -0.2) is 22.7 Å². The third kappa shape index (κ3) is 6.16. The Morgan fingerprint density at radius 3 is 1.95 bits per heavy atom. The van der Waals surface area contributed by atoms with Crippen molar-refractivity contribution in [2.45, 2.75) is 23.6 Å². The fourth-order valence-corrected chi connectivity index (χ4v) is 6.06. The summed E-state index contributed by atoms with van der Waals surface area (Å²) in [5, 5.41) is 3.12. The second-order valence-corrected chi connectivity index (χ2v) is 12.2. The predicted molar refractivity (Wildman–Crippen MR) is 150 cm³/mol. The van der Waals surface area contributed by atoms with Crippen LogP contribution in [-0.2, 0) is 20.0 Å². The Morgan fingerprint density at radius 2 is 1.29 bits per heavy atom. The average Bonchev–Trinajstić information content (AvgIpc) is 2.88. The SMILES string of the molecule is Cc1ccc(Cl)cc1NS(=O)(=O)c1ccc(NC(=O)c2cccc(NS(=O)(=O)c3ccccc3)c2C)cc1. The first-order chi connectivity index (χ1) is 18.0. The fourth-order valence-electron chi connectivity index (χ4n) is 3.62. The van der Waals surface area contributed by atoms with E-state index in [1.54, 1.807) is 62.4 Å². The van der Waals surface area contributed by atoms with Crippen molar-refractivity contribution in [2.24, 2.45) is 0 Å². The van der Waals surface area contributed by atoms with E-state index in [1.807, 2.05) is 0 Å². The van der Waals surface area contributed by atoms with E-state index in [4.69, 9.17) is 11.6 Å². The molecule has 0 saturated heterocycles. The molecule has 0 aliphatic heterocycles. The van der Waals surface area contributed by atoms with Gasteiger partial charge in [-0.3, -0.25) is 14.2 Å². The lowest BCUT2D eigenvalue weighted by Gasteiger charge is -2.14. The molecule has 0 bridgehead atoms. The van der Waals surface area contributed by atoms with Crippen LogP contribution in [0.1, 0.15) is 21.5 Å². The molecule has 0 atom stereocenters. The van der Waals surface area contributed by atoms with Crippen LogP contribution in [0.3, 0.4) is 0 Å². The molecular formula is C27H24ClN3O5S2. The maximum Gasteiger partial charge on any atom is 0.261 e. The van der Waals surface area contributed by atoms with Gasteiger partial charge in [-0.15, -0.1) is 0 Å². The number of benzene rings is 4. The van der Waals surface area contributed by atoms with Crippen molar-refractivity contribution in [1.82, 2.24) is 0 Å². The maximum atomic E-state index is 13.0. The van der Waals surface area contributed by atoms with Gasteiger partial charge in [0.1, 0.15) is 0 Å². The van der Waals surface area contributed by atoms with E-state index in [2.05, 4.69) is 14.8 Å². The van der Waals surface area contributed by atoms with Crippen LogP contribution in [0.25, 0.3) is 0 Å². The van der Waals surface area contributed by atoms with Gasteiger partial charge in [0.2, 0.25) is 0 Å². The number of carbonyl (C=O) groups is 1. The van der Waals surface area contributed by atoms with Crippen molar-refractivity contribution in [1.29, 1.82) is 0 Å². The van der Waals surface area contributed by atoms with Crippen molar-refractivity contribution in [3.63, 3.8) is 0 Å². The summed E-state index contributed by atoms with van der Waals surface area (Å²) in [5.41, 5.74) is 2.41. The molecule has 0 aromatic heterocycles. The molecule has 0 saturated carbocycles. The van der Waals surface area contributed by atoms with Crippen molar-refractivity contribution >= 4 is 54.6 Å². The number of sulfonamides is 2. The van der Waals surface area contributed by atoms with Crippen LogP contribution < -0.4 is 14.8 Å². The summed E-state index contributed by atoms with van der Waals surface area (Å²) >= 11 is 5.98. The quantitative estimate of drug-likeness (QED) is 0.247. The molecule has 196 valence electrons. The molecule has 4 rings (SSSR count). The summed E-state index contributed by atoms with van der Waals surface area (Å²) in [6.07, 6.45) is 0. The minimum absolute atomic E-state index is 0.00312. The molecule has 0 heterocycles. The number of hydrogen-bond donors (Lipinski definition) is 3. The summed E-state index contributed by atoms with van der Waals surface area (Å²) in [5.74, 6) is -0.480. The number of amides is 1. The molecule has 8 nitrogen and oxygen atoms in total. The molecule has 4 aromatic carbocycles. The van der Waals surface area contributed by atoms with Gasteiger partial charge in [-0.25, -0.2) is 16.8 Å². The van der Waals surface area contributed by atoms with Gasteiger partial charge >= 0.3 is 0 Å². The van der Waals surface area contributed by atoms with Crippen molar-refractivity contribution in [3.05, 3.63) is 113 Å². The van der Waals surface area contributed by atoms with Crippen molar-refractivity contribution in [3.8, 4) is 0 Å². The zero-order valence-corrected chi connectivity index (χ0v) is 22.8. The Bertz CT molecular complexity index is 1710. The minimum Gasteiger partial charge on any atom is -0.322 e. The Morgan fingerprint density at radius 1 is 0.684 bits per heavy atom. The highest BCUT2D eigenvalue weighted by Gasteiger charge is 2.19. The summed E-state index contributed by atoms with van der Waals surface area (Å²) in [7, 11) is -7.72. The van der Waals surface area contributed by atoms with E-state index in [0.717, 1.165) is 0 Å². The van der Waals surface area contributed by atoms with Gasteiger partial charge in [0.15, 0.2) is 0 Å². The summed E-state index contributed by atoms with van der Waals surface area (Å²) in [6, 6.07) is 23.2. The number of rotatable bonds is 8. The van der Waals surface area contributed by atoms with E-state index in [0.29, 0.717) is 27.5 Å². The van der Waals surface area contributed by atoms with Gasteiger partial charge in [0, 0.05) is 16.3 Å². The first-order valence-electron chi connectivity index (χ1n) is 11.3. The predicted octanol–water partition coefficient (Wildman–Crippen LogP) is 5.81. The zero-order chi connectivity index (χ0) is 27.5. The lowest BCUT2D eigenvalue weighted by Crippen LogP contribution is -2.17. The van der Waals surface area contributed by atoms with Crippen LogP contribution in [0.5, 0.6) is 0 Å². The van der Waals surface area contributed by atoms with Crippen molar-refractivity contribution in [2.75, 3.05) is 14.8 Å². The largest absolute Gasteiger partial charge is 0.322 e. The summed E-state index contributed by atoms with van der Waals surface area (Å²) in [6.45, 7) is 3.40. The topological polar surface area (TPSA) is 121 Å². The third-order valence-corrected chi connectivity index (χ3v) is 8.74. The van der Waals surface area contributed by atoms with Gasteiger partial charge < -0.3 is 5.32 Å². The minimum atomic E-state index is -3.89. The molecular weight excluding hydrogens is 546 g/mol. The van der Waals surface area contributed by atoms with Crippen LogP contribution >= 0.6 is 11.6 Å². The summed E-state index contributed by atoms with van der Waals surface area (Å²) < 4.78 is 56.1. The third-order valence-electron chi connectivity index (χ3n) is 5.74. The molecule has 38 heavy (non-hydrogen) atoms. The maximum absolute atomic E-state index is 13.0. The lowest BCUT2D eigenvalue weighted by atomic mass is 10.1. The molecule has 0 aliphatic rings. The lowest BCUT2D eigenvalue weighted by molar-refractivity contribution is 0.102. The Kier molecular flexibility index (Phi) is 7.77. The molecule has 0 radical (unpaired) electrons. The molecule has 0 aliphatic carbocycles. The number of anilines is 3. The second-order valence-electron chi connectivity index (χ2n) is 8.44. The van der Waals surface area contributed by atoms with Crippen LogP contribution in [0.15, 0.2) is 101 Å². The van der Waals surface area contributed by atoms with E-state index in [9.17, 15) is 21.6 Å². The smallest absolute Gasteiger partial charge is 0.261 e. The Hall–Kier alpha value is -3.86. The number of aryl methyl sites for hydroxylation is 1. The van der Waals surface area contributed by atoms with Crippen molar-refractivity contribution < 1.29 is 21.6 Å². The van der Waals surface area contributed by atoms with E-state index in [1.165, 1.54) is 42.5 Å². The van der Waals surface area contributed by atoms with E-state index >= 15 is 0 Å². The highest BCUT2D eigenvalue weighted by Crippen LogP contribution is 2.26. The first-order valence-corrected chi connectivity index (χ1v) is 14.7. The van der Waals surface area contributed by atoms with Gasteiger partial charge in [0.05, 0.1) is 21.2 Å². The molecule has 0 spiro atoms. The van der Waals surface area contributed by atoms with E-state index < -0.39 is 26.0 Å².